The van der Waals surface area contributed by atoms with E-state index in [1.165, 1.54) is 30.3 Å². The van der Waals surface area contributed by atoms with Crippen LogP contribution in [0.15, 0.2) is 72.8 Å². The number of hydrogen-bond acceptors (Lipinski definition) is 4. The van der Waals surface area contributed by atoms with Gasteiger partial charge in [-0.2, -0.15) is 0 Å². The molecular formula is C26H13F5O4. The molecule has 0 radical (unpaired) electrons. The maximum Gasteiger partial charge on any atom is 0.200 e. The first-order valence-corrected chi connectivity index (χ1v) is 9.96. The van der Waals surface area contributed by atoms with Crippen LogP contribution in [0, 0.1) is 29.1 Å². The minimum absolute atomic E-state index is 0.0160. The summed E-state index contributed by atoms with van der Waals surface area (Å²) in [7, 11) is 0. The number of ketones is 2. The molecule has 9 heteroatoms. The molecule has 4 aromatic carbocycles. The minimum Gasteiger partial charge on any atom is -0.508 e. The van der Waals surface area contributed by atoms with Crippen molar-refractivity contribution in [1.82, 2.24) is 0 Å². The van der Waals surface area contributed by atoms with Crippen LogP contribution in [-0.2, 0) is 0 Å². The fourth-order valence-corrected chi connectivity index (χ4v) is 3.28. The molecule has 0 atom stereocenters. The first-order valence-electron chi connectivity index (χ1n) is 9.96. The van der Waals surface area contributed by atoms with Crippen LogP contribution in [0.1, 0.15) is 31.8 Å². The highest BCUT2D eigenvalue weighted by molar-refractivity contribution is 6.11. The van der Waals surface area contributed by atoms with Gasteiger partial charge in [-0.1, -0.05) is 30.3 Å². The second-order valence-electron chi connectivity index (χ2n) is 7.28. The highest BCUT2D eigenvalue weighted by Gasteiger charge is 2.30. The summed E-state index contributed by atoms with van der Waals surface area (Å²) >= 11 is 0. The first kappa shape index (κ1) is 23.6. The Kier molecular flexibility index (Phi) is 6.33. The van der Waals surface area contributed by atoms with Crippen LogP contribution in [0.25, 0.3) is 0 Å². The summed E-state index contributed by atoms with van der Waals surface area (Å²) < 4.78 is 73.8. The molecule has 176 valence electrons. The van der Waals surface area contributed by atoms with Gasteiger partial charge < -0.3 is 9.84 Å². The molecular weight excluding hydrogens is 471 g/mol. The zero-order valence-electron chi connectivity index (χ0n) is 17.5. The molecule has 4 rings (SSSR count). The molecule has 0 aliphatic heterocycles. The molecule has 0 saturated heterocycles. The molecule has 35 heavy (non-hydrogen) atoms. The average Bonchev–Trinajstić information content (AvgIpc) is 2.87. The highest BCUT2D eigenvalue weighted by Crippen LogP contribution is 2.32. The van der Waals surface area contributed by atoms with Crippen LogP contribution in [0.4, 0.5) is 22.0 Å². The van der Waals surface area contributed by atoms with E-state index >= 15 is 0 Å². The first-order chi connectivity index (χ1) is 16.7. The summed E-state index contributed by atoms with van der Waals surface area (Å²) in [4.78, 5) is 25.3. The SMILES string of the molecule is O=C(c1ccccc1)c1ccc(O)cc1Oc1ccc(C(=O)c2c(F)c(F)c(F)c(F)c2F)cc1. The molecule has 0 saturated carbocycles. The van der Waals surface area contributed by atoms with Crippen LogP contribution < -0.4 is 4.74 Å². The van der Waals surface area contributed by atoms with Crippen LogP contribution in [-0.4, -0.2) is 16.7 Å². The Morgan fingerprint density at radius 1 is 0.629 bits per heavy atom. The van der Waals surface area contributed by atoms with E-state index in [2.05, 4.69) is 0 Å². The van der Waals surface area contributed by atoms with Crippen LogP contribution in [0.3, 0.4) is 0 Å². The van der Waals surface area contributed by atoms with Crippen molar-refractivity contribution in [1.29, 1.82) is 0 Å². The second-order valence-corrected chi connectivity index (χ2v) is 7.28. The maximum atomic E-state index is 14.0. The number of benzene rings is 4. The zero-order valence-corrected chi connectivity index (χ0v) is 17.5. The molecule has 0 fully saturated rings. The Bertz CT molecular complexity index is 1420. The van der Waals surface area contributed by atoms with Gasteiger partial charge in [-0.05, 0) is 36.4 Å². The van der Waals surface area contributed by atoms with Gasteiger partial charge >= 0.3 is 0 Å². The predicted octanol–water partition coefficient (Wildman–Crippen LogP) is 6.34. The number of rotatable bonds is 6. The van der Waals surface area contributed by atoms with Crippen molar-refractivity contribution in [2.75, 3.05) is 0 Å². The van der Waals surface area contributed by atoms with E-state index in [1.54, 1.807) is 30.3 Å². The lowest BCUT2D eigenvalue weighted by Gasteiger charge is -2.12. The van der Waals surface area contributed by atoms with Crippen molar-refractivity contribution in [3.05, 3.63) is 124 Å². The lowest BCUT2D eigenvalue weighted by molar-refractivity contribution is 0.102. The lowest BCUT2D eigenvalue weighted by atomic mass is 10.0. The molecule has 0 bridgehead atoms. The molecule has 0 aliphatic rings. The molecule has 0 aliphatic carbocycles. The van der Waals surface area contributed by atoms with Crippen LogP contribution in [0.5, 0.6) is 17.2 Å². The number of carbonyl (C=O) groups excluding carboxylic acids is 2. The third-order valence-corrected chi connectivity index (χ3v) is 5.03. The zero-order chi connectivity index (χ0) is 25.3. The van der Waals surface area contributed by atoms with Crippen molar-refractivity contribution in [3.8, 4) is 17.2 Å². The molecule has 0 amide bonds. The number of phenolic OH excluding ortho intramolecular Hbond substituents is 1. The molecule has 0 heterocycles. The van der Waals surface area contributed by atoms with Gasteiger partial charge in [0.1, 0.15) is 22.8 Å². The summed E-state index contributed by atoms with van der Waals surface area (Å²) in [5, 5.41) is 9.83. The van der Waals surface area contributed by atoms with Crippen molar-refractivity contribution in [3.63, 3.8) is 0 Å². The number of aromatic hydroxyl groups is 1. The lowest BCUT2D eigenvalue weighted by Crippen LogP contribution is -2.13. The van der Waals surface area contributed by atoms with Crippen molar-refractivity contribution < 1.29 is 41.4 Å². The number of hydrogen-bond donors (Lipinski definition) is 1. The molecule has 0 aromatic heterocycles. The summed E-state index contributed by atoms with van der Waals surface area (Å²) in [6.45, 7) is 0. The standard InChI is InChI=1S/C26H13F5O4/c27-20-19(21(28)23(30)24(31)22(20)29)26(34)14-6-9-16(10-7-14)35-18-12-15(32)8-11-17(18)25(33)13-4-2-1-3-5-13/h1-12,32H. The minimum atomic E-state index is -2.37. The molecule has 0 unspecified atom stereocenters. The van der Waals surface area contributed by atoms with E-state index in [9.17, 15) is 36.6 Å². The Morgan fingerprint density at radius 2 is 1.17 bits per heavy atom. The van der Waals surface area contributed by atoms with Crippen molar-refractivity contribution in [2.45, 2.75) is 0 Å². The Hall–Kier alpha value is -4.53. The van der Waals surface area contributed by atoms with E-state index in [0.29, 0.717) is 5.56 Å². The van der Waals surface area contributed by atoms with E-state index < -0.39 is 46.2 Å². The van der Waals surface area contributed by atoms with Gasteiger partial charge in [0.15, 0.2) is 34.8 Å². The Labute approximate surface area is 194 Å². The van der Waals surface area contributed by atoms with Crippen LogP contribution >= 0.6 is 0 Å². The third kappa shape index (κ3) is 4.48. The number of halogens is 5. The van der Waals surface area contributed by atoms with Crippen molar-refractivity contribution >= 4 is 11.6 Å². The van der Waals surface area contributed by atoms with Gasteiger partial charge in [0.25, 0.3) is 0 Å². The average molecular weight is 484 g/mol. The number of phenols is 1. The summed E-state index contributed by atoms with van der Waals surface area (Å²) in [6.07, 6.45) is 0. The van der Waals surface area contributed by atoms with E-state index in [-0.39, 0.29) is 28.4 Å². The Morgan fingerprint density at radius 3 is 1.77 bits per heavy atom. The molecule has 1 N–H and O–H groups in total. The van der Waals surface area contributed by atoms with E-state index in [1.807, 2.05) is 0 Å². The summed E-state index contributed by atoms with van der Waals surface area (Å²) in [6, 6.07) is 16.6. The van der Waals surface area contributed by atoms with Gasteiger partial charge in [0.2, 0.25) is 5.82 Å². The van der Waals surface area contributed by atoms with Crippen molar-refractivity contribution in [2.24, 2.45) is 0 Å². The van der Waals surface area contributed by atoms with Gasteiger partial charge in [0, 0.05) is 17.2 Å². The predicted molar refractivity (Wildman–Crippen MR) is 114 cm³/mol. The molecule has 4 aromatic rings. The number of carbonyl (C=O) groups is 2. The normalized spacial score (nSPS) is 10.8. The smallest absolute Gasteiger partial charge is 0.200 e. The fraction of sp³-hybridized carbons (Fsp3) is 0. The van der Waals surface area contributed by atoms with Gasteiger partial charge in [-0.25, -0.2) is 22.0 Å². The summed E-state index contributed by atoms with van der Waals surface area (Å²) in [5.74, 6) is -13.3. The fourth-order valence-electron chi connectivity index (χ4n) is 3.28. The summed E-state index contributed by atoms with van der Waals surface area (Å²) in [5.41, 5.74) is -1.47. The van der Waals surface area contributed by atoms with Gasteiger partial charge in [-0.15, -0.1) is 0 Å². The molecule has 0 spiro atoms. The maximum absolute atomic E-state index is 14.0. The van der Waals surface area contributed by atoms with Gasteiger partial charge in [-0.3, -0.25) is 9.59 Å². The van der Waals surface area contributed by atoms with Gasteiger partial charge in [0.05, 0.1) is 5.56 Å². The van der Waals surface area contributed by atoms with Crippen LogP contribution in [0.2, 0.25) is 0 Å². The third-order valence-electron chi connectivity index (χ3n) is 5.03. The van der Waals surface area contributed by atoms with E-state index in [0.717, 1.165) is 12.1 Å². The topological polar surface area (TPSA) is 63.6 Å². The monoisotopic (exact) mass is 484 g/mol. The highest BCUT2D eigenvalue weighted by atomic mass is 19.2. The Balaban J connectivity index is 1.64. The number of ether oxygens (including phenoxy) is 1. The molecule has 4 nitrogen and oxygen atoms in total. The second kappa shape index (κ2) is 9.38. The largest absolute Gasteiger partial charge is 0.508 e. The van der Waals surface area contributed by atoms with E-state index in [4.69, 9.17) is 4.74 Å². The quantitative estimate of drug-likeness (QED) is 0.150.